The highest BCUT2D eigenvalue weighted by atomic mass is 19.1. The smallest absolute Gasteiger partial charge is 0.414 e. The highest BCUT2D eigenvalue weighted by Crippen LogP contribution is 2.29. The van der Waals surface area contributed by atoms with E-state index < -0.39 is 18.0 Å². The van der Waals surface area contributed by atoms with E-state index >= 15 is 0 Å². The summed E-state index contributed by atoms with van der Waals surface area (Å²) in [6.45, 7) is 4.41. The van der Waals surface area contributed by atoms with E-state index in [-0.39, 0.29) is 24.9 Å². The Morgan fingerprint density at radius 3 is 2.67 bits per heavy atom. The molecule has 2 aliphatic heterocycles. The van der Waals surface area contributed by atoms with Crippen LogP contribution in [0, 0.1) is 5.82 Å². The van der Waals surface area contributed by atoms with Crippen molar-refractivity contribution in [1.29, 1.82) is 0 Å². The number of nitrogens with one attached hydrogen (secondary N) is 2. The fourth-order valence-corrected chi connectivity index (χ4v) is 3.55. The maximum absolute atomic E-state index is 14.9. The molecule has 1 aromatic carbocycles. The lowest BCUT2D eigenvalue weighted by Gasteiger charge is -2.14. The molecule has 0 saturated carbocycles. The van der Waals surface area contributed by atoms with Crippen LogP contribution in [0.3, 0.4) is 0 Å². The van der Waals surface area contributed by atoms with Gasteiger partial charge in [-0.1, -0.05) is 6.07 Å². The van der Waals surface area contributed by atoms with Crippen LogP contribution in [0.4, 0.5) is 14.9 Å². The molecule has 9 nitrogen and oxygen atoms in total. The second-order valence-electron chi connectivity index (χ2n) is 7.87. The van der Waals surface area contributed by atoms with E-state index in [1.54, 1.807) is 35.5 Å². The SMILES string of the molecule is CC(=O)NCC1CN(c2ccc(-c3ccc(CNCC4=CN4C(C)=O)nc3)c(F)c2)C(=O)O1. The molecule has 3 heterocycles. The largest absolute Gasteiger partial charge is 0.442 e. The van der Waals surface area contributed by atoms with E-state index in [0.29, 0.717) is 29.9 Å². The Balaban J connectivity index is 1.35. The van der Waals surface area contributed by atoms with Gasteiger partial charge in [-0.05, 0) is 24.3 Å². The Labute approximate surface area is 190 Å². The molecule has 1 aromatic heterocycles. The van der Waals surface area contributed by atoms with Crippen LogP contribution in [0.25, 0.3) is 11.1 Å². The van der Waals surface area contributed by atoms with Gasteiger partial charge in [0, 0.05) is 50.5 Å². The molecule has 0 aliphatic carbocycles. The summed E-state index contributed by atoms with van der Waals surface area (Å²) in [5.41, 5.74) is 3.09. The maximum Gasteiger partial charge on any atom is 0.414 e. The zero-order valence-corrected chi connectivity index (χ0v) is 18.3. The highest BCUT2D eigenvalue weighted by Gasteiger charge is 2.32. The Hall–Kier alpha value is -3.79. The molecule has 2 aromatic rings. The number of pyridine rings is 1. The number of cyclic esters (lactones) is 1. The summed E-state index contributed by atoms with van der Waals surface area (Å²) in [5, 5.41) is 5.82. The molecular weight excluding hydrogens is 429 g/mol. The molecule has 172 valence electrons. The number of rotatable bonds is 8. The average Bonchev–Trinajstić information content (AvgIpc) is 3.46. The van der Waals surface area contributed by atoms with Crippen molar-refractivity contribution in [1.82, 2.24) is 20.5 Å². The lowest BCUT2D eigenvalue weighted by Crippen LogP contribution is -2.33. The van der Waals surface area contributed by atoms with Gasteiger partial charge in [-0.25, -0.2) is 9.18 Å². The van der Waals surface area contributed by atoms with Crippen LogP contribution in [-0.4, -0.2) is 53.5 Å². The lowest BCUT2D eigenvalue weighted by molar-refractivity contribution is -0.123. The molecular formula is C23H24FN5O4. The maximum atomic E-state index is 14.9. The van der Waals surface area contributed by atoms with Crippen LogP contribution in [-0.2, 0) is 20.9 Å². The first-order valence-corrected chi connectivity index (χ1v) is 10.5. The number of halogens is 1. The molecule has 0 radical (unpaired) electrons. The summed E-state index contributed by atoms with van der Waals surface area (Å²) in [6, 6.07) is 8.14. The van der Waals surface area contributed by atoms with Crippen molar-refractivity contribution < 1.29 is 23.5 Å². The zero-order valence-electron chi connectivity index (χ0n) is 18.3. The molecule has 0 spiro atoms. The molecule has 1 saturated heterocycles. The minimum absolute atomic E-state index is 0.00578. The summed E-state index contributed by atoms with van der Waals surface area (Å²) >= 11 is 0. The molecule has 2 N–H and O–H groups in total. The molecule has 4 rings (SSSR count). The number of carbonyl (C=O) groups is 3. The molecule has 1 fully saturated rings. The van der Waals surface area contributed by atoms with Gasteiger partial charge in [0.2, 0.25) is 11.8 Å². The van der Waals surface area contributed by atoms with Crippen molar-refractivity contribution in [3.63, 3.8) is 0 Å². The minimum atomic E-state index is -0.579. The molecule has 3 amide bonds. The zero-order chi connectivity index (χ0) is 23.5. The Morgan fingerprint density at radius 2 is 2.03 bits per heavy atom. The van der Waals surface area contributed by atoms with Crippen molar-refractivity contribution in [2.75, 3.05) is 24.5 Å². The van der Waals surface area contributed by atoms with Gasteiger partial charge in [0.1, 0.15) is 11.9 Å². The van der Waals surface area contributed by atoms with E-state index in [1.165, 1.54) is 24.8 Å². The van der Waals surface area contributed by atoms with E-state index in [2.05, 4.69) is 15.6 Å². The van der Waals surface area contributed by atoms with E-state index in [4.69, 9.17) is 4.74 Å². The van der Waals surface area contributed by atoms with Crippen molar-refractivity contribution in [3.05, 3.63) is 59.9 Å². The molecule has 1 atom stereocenters. The van der Waals surface area contributed by atoms with Gasteiger partial charge in [-0.2, -0.15) is 0 Å². The Kier molecular flexibility index (Phi) is 6.36. The highest BCUT2D eigenvalue weighted by molar-refractivity contribution is 5.90. The first kappa shape index (κ1) is 22.4. The standard InChI is InChI=1S/C23H24FN5O4/c1-14(30)26-11-20-13-29(23(32)33-20)18-5-6-21(22(24)7-18)16-3-4-17(27-8-16)9-25-10-19-12-28(19)15(2)31/h3-8,12,20,25H,9-11,13H2,1-2H3,(H,26,30). The van der Waals surface area contributed by atoms with Gasteiger partial charge >= 0.3 is 6.09 Å². The van der Waals surface area contributed by atoms with Crippen LogP contribution < -0.4 is 15.5 Å². The first-order valence-electron chi connectivity index (χ1n) is 10.5. The van der Waals surface area contributed by atoms with Crippen molar-refractivity contribution >= 4 is 23.6 Å². The van der Waals surface area contributed by atoms with E-state index in [9.17, 15) is 18.8 Å². The first-order chi connectivity index (χ1) is 15.8. The number of hydrogen-bond acceptors (Lipinski definition) is 6. The van der Waals surface area contributed by atoms with Crippen LogP contribution >= 0.6 is 0 Å². The number of ether oxygens (including phenoxy) is 1. The van der Waals surface area contributed by atoms with Gasteiger partial charge in [0.15, 0.2) is 0 Å². The number of aromatic nitrogens is 1. The molecule has 10 heteroatoms. The van der Waals surface area contributed by atoms with Gasteiger partial charge in [0.05, 0.1) is 30.2 Å². The summed E-state index contributed by atoms with van der Waals surface area (Å²) < 4.78 is 20.1. The minimum Gasteiger partial charge on any atom is -0.442 e. The lowest BCUT2D eigenvalue weighted by atomic mass is 10.1. The van der Waals surface area contributed by atoms with Gasteiger partial charge < -0.3 is 15.4 Å². The normalized spacial score (nSPS) is 17.0. The summed E-state index contributed by atoms with van der Waals surface area (Å²) in [7, 11) is 0. The third-order valence-electron chi connectivity index (χ3n) is 5.32. The second-order valence-corrected chi connectivity index (χ2v) is 7.87. The number of carbonyl (C=O) groups excluding carboxylic acids is 3. The monoisotopic (exact) mass is 453 g/mol. The summed E-state index contributed by atoms with van der Waals surface area (Å²) in [5.74, 6) is -0.702. The fraction of sp³-hybridized carbons (Fsp3) is 0.304. The van der Waals surface area contributed by atoms with Crippen LogP contribution in [0.15, 0.2) is 48.4 Å². The van der Waals surface area contributed by atoms with Crippen LogP contribution in [0.2, 0.25) is 0 Å². The van der Waals surface area contributed by atoms with E-state index in [1.807, 2.05) is 6.07 Å². The van der Waals surface area contributed by atoms with Crippen molar-refractivity contribution in [2.24, 2.45) is 0 Å². The number of anilines is 1. The van der Waals surface area contributed by atoms with Gasteiger partial charge in [-0.3, -0.25) is 24.4 Å². The average molecular weight is 453 g/mol. The number of nitrogens with zero attached hydrogens (tertiary/aromatic N) is 3. The number of amides is 3. The topological polar surface area (TPSA) is 104 Å². The molecule has 2 aliphatic rings. The third kappa shape index (κ3) is 5.35. The van der Waals surface area contributed by atoms with E-state index in [0.717, 1.165) is 11.4 Å². The number of hydrogen-bond donors (Lipinski definition) is 2. The van der Waals surface area contributed by atoms with Gasteiger partial charge in [0.25, 0.3) is 0 Å². The Bertz CT molecular complexity index is 1120. The quantitative estimate of drug-likeness (QED) is 0.635. The third-order valence-corrected chi connectivity index (χ3v) is 5.32. The second kappa shape index (κ2) is 9.37. The van der Waals surface area contributed by atoms with Gasteiger partial charge in [-0.15, -0.1) is 0 Å². The summed E-state index contributed by atoms with van der Waals surface area (Å²) in [6.07, 6.45) is 2.31. The predicted octanol–water partition coefficient (Wildman–Crippen LogP) is 2.14. The Morgan fingerprint density at radius 1 is 1.21 bits per heavy atom. The number of benzene rings is 1. The fourth-order valence-electron chi connectivity index (χ4n) is 3.55. The summed E-state index contributed by atoms with van der Waals surface area (Å²) in [4.78, 5) is 41.7. The molecule has 0 bridgehead atoms. The van der Waals surface area contributed by atoms with Crippen molar-refractivity contribution in [3.8, 4) is 11.1 Å². The predicted molar refractivity (Wildman–Crippen MR) is 118 cm³/mol. The molecule has 1 unspecified atom stereocenters. The van der Waals surface area contributed by atoms with Crippen LogP contribution in [0.5, 0.6) is 0 Å². The van der Waals surface area contributed by atoms with Crippen LogP contribution in [0.1, 0.15) is 19.5 Å². The van der Waals surface area contributed by atoms with Crippen molar-refractivity contribution in [2.45, 2.75) is 26.5 Å². The molecule has 33 heavy (non-hydrogen) atoms.